The summed E-state index contributed by atoms with van der Waals surface area (Å²) in [6.45, 7) is 5.95. The maximum absolute atomic E-state index is 4.91. The van der Waals surface area contributed by atoms with Crippen molar-refractivity contribution in [1.29, 1.82) is 0 Å². The van der Waals surface area contributed by atoms with Gasteiger partial charge in [-0.05, 0) is 61.2 Å². The van der Waals surface area contributed by atoms with Gasteiger partial charge in [0.05, 0.1) is 5.69 Å². The van der Waals surface area contributed by atoms with Gasteiger partial charge in [0, 0.05) is 31.4 Å². The fraction of sp³-hybridized carbons (Fsp3) is 0.417. The van der Waals surface area contributed by atoms with Crippen molar-refractivity contribution < 1.29 is 0 Å². The van der Waals surface area contributed by atoms with Crippen molar-refractivity contribution >= 4 is 16.7 Å². The van der Waals surface area contributed by atoms with Gasteiger partial charge in [-0.3, -0.25) is 0 Å². The Morgan fingerprint density at radius 3 is 2.64 bits per heavy atom. The Morgan fingerprint density at radius 1 is 0.893 bits per heavy atom. The van der Waals surface area contributed by atoms with Crippen molar-refractivity contribution in [2.45, 2.75) is 25.7 Å². The Labute approximate surface area is 167 Å². The number of likely N-dealkylation sites (tertiary alicyclic amines) is 1. The molecule has 3 aromatic rings. The topological polar surface area (TPSA) is 32.3 Å². The fourth-order valence-corrected chi connectivity index (χ4v) is 4.68. The predicted octanol–water partition coefficient (Wildman–Crippen LogP) is 4.61. The van der Waals surface area contributed by atoms with Gasteiger partial charge < -0.3 is 9.80 Å². The van der Waals surface area contributed by atoms with E-state index in [0.717, 1.165) is 36.2 Å². The van der Waals surface area contributed by atoms with E-state index in [1.165, 1.54) is 56.1 Å². The van der Waals surface area contributed by atoms with Crippen LogP contribution in [0.1, 0.15) is 25.7 Å². The Bertz CT molecular complexity index is 948. The summed E-state index contributed by atoms with van der Waals surface area (Å²) in [6.07, 6.45) is 7.30. The summed E-state index contributed by atoms with van der Waals surface area (Å²) >= 11 is 0. The van der Waals surface area contributed by atoms with Crippen LogP contribution in [0.4, 0.5) is 5.95 Å². The van der Waals surface area contributed by atoms with Gasteiger partial charge in [-0.2, -0.15) is 0 Å². The second kappa shape index (κ2) is 7.88. The lowest BCUT2D eigenvalue weighted by Gasteiger charge is -2.29. The van der Waals surface area contributed by atoms with E-state index in [9.17, 15) is 0 Å². The summed E-state index contributed by atoms with van der Waals surface area (Å²) in [5.74, 6) is 1.62. The normalized spacial score (nSPS) is 20.7. The molecule has 28 heavy (non-hydrogen) atoms. The molecule has 0 saturated carbocycles. The van der Waals surface area contributed by atoms with Gasteiger partial charge in [-0.1, -0.05) is 42.8 Å². The SMILES string of the molecule is c1ccc2cc(-c3ccnc(N4CC[C@H](CN5CCCCC5)C4)n3)ccc2c1. The predicted molar refractivity (Wildman–Crippen MR) is 116 cm³/mol. The number of nitrogens with zero attached hydrogens (tertiary/aromatic N) is 4. The first-order valence-electron chi connectivity index (χ1n) is 10.6. The van der Waals surface area contributed by atoms with Crippen LogP contribution in [-0.2, 0) is 0 Å². The molecule has 144 valence electrons. The van der Waals surface area contributed by atoms with E-state index in [2.05, 4.69) is 57.2 Å². The molecule has 0 aliphatic carbocycles. The zero-order valence-corrected chi connectivity index (χ0v) is 16.4. The molecule has 2 aliphatic heterocycles. The van der Waals surface area contributed by atoms with Crippen molar-refractivity contribution in [2.75, 3.05) is 37.6 Å². The molecule has 1 aromatic heterocycles. The lowest BCUT2D eigenvalue weighted by Crippen LogP contribution is -2.35. The summed E-state index contributed by atoms with van der Waals surface area (Å²) in [5, 5.41) is 2.52. The van der Waals surface area contributed by atoms with E-state index < -0.39 is 0 Å². The largest absolute Gasteiger partial charge is 0.340 e. The van der Waals surface area contributed by atoms with Crippen LogP contribution in [0.2, 0.25) is 0 Å². The van der Waals surface area contributed by atoms with Gasteiger partial charge in [0.2, 0.25) is 5.95 Å². The van der Waals surface area contributed by atoms with E-state index in [1.54, 1.807) is 0 Å². The van der Waals surface area contributed by atoms with Gasteiger partial charge in [0.15, 0.2) is 0 Å². The molecule has 4 heteroatoms. The van der Waals surface area contributed by atoms with Crippen molar-refractivity contribution in [3.05, 3.63) is 54.7 Å². The molecule has 4 nitrogen and oxygen atoms in total. The molecule has 2 saturated heterocycles. The fourth-order valence-electron chi connectivity index (χ4n) is 4.68. The minimum Gasteiger partial charge on any atom is -0.340 e. The first-order valence-corrected chi connectivity index (χ1v) is 10.6. The number of hydrogen-bond acceptors (Lipinski definition) is 4. The number of benzene rings is 2. The molecular weight excluding hydrogens is 344 g/mol. The number of rotatable bonds is 4. The van der Waals surface area contributed by atoms with E-state index in [0.29, 0.717) is 0 Å². The highest BCUT2D eigenvalue weighted by atomic mass is 15.3. The monoisotopic (exact) mass is 372 g/mol. The summed E-state index contributed by atoms with van der Waals surface area (Å²) in [7, 11) is 0. The molecule has 3 heterocycles. The number of aromatic nitrogens is 2. The third-order valence-corrected chi connectivity index (χ3v) is 6.22. The van der Waals surface area contributed by atoms with Gasteiger partial charge in [-0.15, -0.1) is 0 Å². The summed E-state index contributed by atoms with van der Waals surface area (Å²) in [4.78, 5) is 14.5. The average Bonchev–Trinajstić information content (AvgIpc) is 3.23. The third-order valence-electron chi connectivity index (χ3n) is 6.22. The number of anilines is 1. The van der Waals surface area contributed by atoms with Crippen LogP contribution >= 0.6 is 0 Å². The minimum absolute atomic E-state index is 0.742. The smallest absolute Gasteiger partial charge is 0.225 e. The first kappa shape index (κ1) is 17.6. The standard InChI is InChI=1S/C24H28N4/c1-4-13-27(14-5-1)17-19-11-15-28(18-19)24-25-12-10-23(26-24)22-9-8-20-6-2-3-7-21(20)16-22/h2-3,6-10,12,16,19H,1,4-5,11,13-15,17-18H2/t19-/m1/s1. The van der Waals surface area contributed by atoms with Crippen LogP contribution in [0.3, 0.4) is 0 Å². The molecule has 5 rings (SSSR count). The molecule has 0 unspecified atom stereocenters. The zero-order chi connectivity index (χ0) is 18.8. The van der Waals surface area contributed by atoms with Crippen molar-refractivity contribution in [2.24, 2.45) is 5.92 Å². The van der Waals surface area contributed by atoms with Crippen molar-refractivity contribution in [1.82, 2.24) is 14.9 Å². The quantitative estimate of drug-likeness (QED) is 0.669. The molecule has 2 aromatic carbocycles. The van der Waals surface area contributed by atoms with Gasteiger partial charge in [0.25, 0.3) is 0 Å². The highest BCUT2D eigenvalue weighted by Gasteiger charge is 2.26. The van der Waals surface area contributed by atoms with Crippen LogP contribution in [0.25, 0.3) is 22.0 Å². The Kier molecular flexibility index (Phi) is 4.96. The van der Waals surface area contributed by atoms with Crippen LogP contribution in [0, 0.1) is 5.92 Å². The first-order chi connectivity index (χ1) is 13.8. The van der Waals surface area contributed by atoms with Gasteiger partial charge >= 0.3 is 0 Å². The molecule has 1 atom stereocenters. The second-order valence-corrected chi connectivity index (χ2v) is 8.27. The highest BCUT2D eigenvalue weighted by Crippen LogP contribution is 2.27. The maximum Gasteiger partial charge on any atom is 0.225 e. The highest BCUT2D eigenvalue weighted by molar-refractivity contribution is 5.86. The molecule has 0 radical (unpaired) electrons. The Morgan fingerprint density at radius 2 is 1.75 bits per heavy atom. The van der Waals surface area contributed by atoms with E-state index in [-0.39, 0.29) is 0 Å². The van der Waals surface area contributed by atoms with E-state index >= 15 is 0 Å². The van der Waals surface area contributed by atoms with E-state index in [4.69, 9.17) is 4.98 Å². The van der Waals surface area contributed by atoms with Crippen LogP contribution in [0.5, 0.6) is 0 Å². The summed E-state index contributed by atoms with van der Waals surface area (Å²) in [5.41, 5.74) is 2.17. The summed E-state index contributed by atoms with van der Waals surface area (Å²) < 4.78 is 0. The Hall–Kier alpha value is -2.46. The molecule has 0 spiro atoms. The van der Waals surface area contributed by atoms with Crippen molar-refractivity contribution in [3.8, 4) is 11.3 Å². The van der Waals surface area contributed by atoms with Crippen LogP contribution in [0.15, 0.2) is 54.7 Å². The number of hydrogen-bond donors (Lipinski definition) is 0. The Balaban J connectivity index is 1.31. The van der Waals surface area contributed by atoms with Crippen LogP contribution in [-0.4, -0.2) is 47.6 Å². The molecule has 0 bridgehead atoms. The second-order valence-electron chi connectivity index (χ2n) is 8.27. The molecule has 0 N–H and O–H groups in total. The number of fused-ring (bicyclic) bond motifs is 1. The van der Waals surface area contributed by atoms with Gasteiger partial charge in [0.1, 0.15) is 0 Å². The maximum atomic E-state index is 4.91. The minimum atomic E-state index is 0.742. The molecule has 2 fully saturated rings. The van der Waals surface area contributed by atoms with Crippen LogP contribution < -0.4 is 4.90 Å². The van der Waals surface area contributed by atoms with E-state index in [1.807, 2.05) is 12.3 Å². The molecule has 2 aliphatic rings. The molecular formula is C24H28N4. The average molecular weight is 373 g/mol. The van der Waals surface area contributed by atoms with Crippen molar-refractivity contribution in [3.63, 3.8) is 0 Å². The number of piperidine rings is 1. The zero-order valence-electron chi connectivity index (χ0n) is 16.4. The summed E-state index contributed by atoms with van der Waals surface area (Å²) in [6, 6.07) is 17.1. The van der Waals surface area contributed by atoms with Gasteiger partial charge in [-0.25, -0.2) is 9.97 Å². The third kappa shape index (κ3) is 3.74. The lowest BCUT2D eigenvalue weighted by atomic mass is 10.1. The lowest BCUT2D eigenvalue weighted by molar-refractivity contribution is 0.201. The molecule has 0 amide bonds.